The number of benzene rings is 1. The van der Waals surface area contributed by atoms with Crippen molar-refractivity contribution in [3.8, 4) is 11.5 Å². The third-order valence-corrected chi connectivity index (χ3v) is 5.70. The number of methoxy groups -OCH3 is 1. The Morgan fingerprint density at radius 2 is 1.81 bits per heavy atom. The molecule has 4 nitrogen and oxygen atoms in total. The van der Waals surface area contributed by atoms with Crippen molar-refractivity contribution in [3.63, 3.8) is 0 Å². The minimum Gasteiger partial charge on any atom is -0.503 e. The first-order valence-corrected chi connectivity index (χ1v) is 7.84. The first-order valence-electron chi connectivity index (χ1n) is 6.26. The SMILES string of the molecule is COc1cc([C@H](C)N2CCNCC2)c(Br)c(Br)c1O.Cl.Cl. The van der Waals surface area contributed by atoms with Crippen molar-refractivity contribution in [2.75, 3.05) is 33.3 Å². The number of hydrogen-bond donors (Lipinski definition) is 2. The normalized spacial score (nSPS) is 16.6. The molecular weight excluding hydrogens is 447 g/mol. The lowest BCUT2D eigenvalue weighted by molar-refractivity contribution is 0.184. The van der Waals surface area contributed by atoms with Gasteiger partial charge >= 0.3 is 0 Å². The lowest BCUT2D eigenvalue weighted by atomic mass is 10.1. The maximum Gasteiger partial charge on any atom is 0.173 e. The third-order valence-electron chi connectivity index (χ3n) is 3.54. The average molecular weight is 467 g/mol. The molecule has 0 saturated carbocycles. The van der Waals surface area contributed by atoms with Crippen LogP contribution in [0.2, 0.25) is 0 Å². The van der Waals surface area contributed by atoms with Crippen LogP contribution < -0.4 is 10.1 Å². The molecule has 8 heteroatoms. The first-order chi connectivity index (χ1) is 9.06. The Morgan fingerprint density at radius 3 is 2.33 bits per heavy atom. The number of piperazine rings is 1. The molecule has 21 heavy (non-hydrogen) atoms. The van der Waals surface area contributed by atoms with Gasteiger partial charge in [0.2, 0.25) is 0 Å². The van der Waals surface area contributed by atoms with Crippen LogP contribution in [0, 0.1) is 0 Å². The summed E-state index contributed by atoms with van der Waals surface area (Å²) in [5.41, 5.74) is 1.11. The molecule has 1 aliphatic rings. The van der Waals surface area contributed by atoms with Gasteiger partial charge in [0, 0.05) is 36.7 Å². The van der Waals surface area contributed by atoms with Gasteiger partial charge in [0.1, 0.15) is 0 Å². The maximum absolute atomic E-state index is 9.97. The molecule has 1 aromatic rings. The fourth-order valence-electron chi connectivity index (χ4n) is 2.34. The Balaban J connectivity index is 0.00000200. The summed E-state index contributed by atoms with van der Waals surface area (Å²) >= 11 is 6.96. The highest BCUT2D eigenvalue weighted by molar-refractivity contribution is 9.13. The van der Waals surface area contributed by atoms with Crippen LogP contribution in [0.3, 0.4) is 0 Å². The fraction of sp³-hybridized carbons (Fsp3) is 0.538. The number of halogens is 4. The number of phenols is 1. The zero-order chi connectivity index (χ0) is 14.0. The highest BCUT2D eigenvalue weighted by atomic mass is 79.9. The van der Waals surface area contributed by atoms with E-state index in [1.165, 1.54) is 0 Å². The van der Waals surface area contributed by atoms with Gasteiger partial charge < -0.3 is 15.2 Å². The summed E-state index contributed by atoms with van der Waals surface area (Å²) < 4.78 is 6.76. The van der Waals surface area contributed by atoms with E-state index in [0.29, 0.717) is 10.2 Å². The van der Waals surface area contributed by atoms with Gasteiger partial charge in [-0.05, 0) is 50.4 Å². The summed E-state index contributed by atoms with van der Waals surface area (Å²) in [5, 5.41) is 13.3. The number of rotatable bonds is 3. The van der Waals surface area contributed by atoms with Crippen molar-refractivity contribution in [1.29, 1.82) is 0 Å². The number of nitrogens with one attached hydrogen (secondary N) is 1. The van der Waals surface area contributed by atoms with E-state index in [4.69, 9.17) is 4.74 Å². The van der Waals surface area contributed by atoms with Crippen molar-refractivity contribution < 1.29 is 9.84 Å². The molecule has 1 fully saturated rings. The molecule has 0 bridgehead atoms. The van der Waals surface area contributed by atoms with Crippen molar-refractivity contribution in [1.82, 2.24) is 10.2 Å². The second-order valence-electron chi connectivity index (χ2n) is 4.61. The summed E-state index contributed by atoms with van der Waals surface area (Å²) in [6, 6.07) is 2.17. The Hall–Kier alpha value is 0.280. The van der Waals surface area contributed by atoms with Gasteiger partial charge in [-0.25, -0.2) is 0 Å². The van der Waals surface area contributed by atoms with Crippen LogP contribution in [0.5, 0.6) is 11.5 Å². The van der Waals surface area contributed by atoms with Crippen LogP contribution in [0.1, 0.15) is 18.5 Å². The minimum absolute atomic E-state index is 0. The molecule has 2 rings (SSSR count). The fourth-order valence-corrected chi connectivity index (χ4v) is 3.40. The van der Waals surface area contributed by atoms with E-state index in [0.717, 1.165) is 36.2 Å². The van der Waals surface area contributed by atoms with Gasteiger partial charge in [0.05, 0.1) is 11.6 Å². The predicted octanol–water partition coefficient (Wildman–Crippen LogP) is 3.74. The lowest BCUT2D eigenvalue weighted by Gasteiger charge is -2.33. The molecule has 1 aromatic carbocycles. The molecular formula is C13H20Br2Cl2N2O2. The topological polar surface area (TPSA) is 44.7 Å². The van der Waals surface area contributed by atoms with Crippen molar-refractivity contribution >= 4 is 56.7 Å². The van der Waals surface area contributed by atoms with Gasteiger partial charge in [-0.2, -0.15) is 0 Å². The summed E-state index contributed by atoms with van der Waals surface area (Å²) in [5.74, 6) is 0.623. The van der Waals surface area contributed by atoms with Gasteiger partial charge in [-0.15, -0.1) is 24.8 Å². The second kappa shape index (κ2) is 9.43. The zero-order valence-corrected chi connectivity index (χ0v) is 16.7. The maximum atomic E-state index is 9.97. The number of aromatic hydroxyl groups is 1. The van der Waals surface area contributed by atoms with Crippen LogP contribution in [-0.4, -0.2) is 43.3 Å². The standard InChI is InChI=1S/C13H18Br2N2O2.2ClH/c1-8(17-5-3-16-4-6-17)9-7-10(19-2)13(18)12(15)11(9)14;;/h7-8,16,18H,3-6H2,1-2H3;2*1H/t8-;;/m0../s1. The number of phenolic OH excluding ortho intramolecular Hbond substituents is 1. The summed E-state index contributed by atoms with van der Waals surface area (Å²) in [4.78, 5) is 2.42. The molecule has 1 aliphatic heterocycles. The Bertz CT molecular complexity index is 472. The van der Waals surface area contributed by atoms with Gasteiger partial charge in [0.15, 0.2) is 11.5 Å². The van der Waals surface area contributed by atoms with Crippen molar-refractivity contribution in [3.05, 3.63) is 20.6 Å². The monoisotopic (exact) mass is 464 g/mol. The molecule has 1 saturated heterocycles. The predicted molar refractivity (Wildman–Crippen MR) is 97.4 cm³/mol. The van der Waals surface area contributed by atoms with Crippen LogP contribution in [0.25, 0.3) is 0 Å². The van der Waals surface area contributed by atoms with Crippen molar-refractivity contribution in [2.45, 2.75) is 13.0 Å². The van der Waals surface area contributed by atoms with E-state index < -0.39 is 0 Å². The summed E-state index contributed by atoms with van der Waals surface area (Å²) in [6.07, 6.45) is 0. The van der Waals surface area contributed by atoms with Crippen molar-refractivity contribution in [2.24, 2.45) is 0 Å². The van der Waals surface area contributed by atoms with Gasteiger partial charge in [-0.3, -0.25) is 4.90 Å². The van der Waals surface area contributed by atoms with Crippen LogP contribution in [0.4, 0.5) is 0 Å². The first kappa shape index (κ1) is 21.3. The molecule has 1 atom stereocenters. The number of ether oxygens (including phenoxy) is 1. The Labute approximate surface area is 154 Å². The minimum atomic E-state index is 0. The van der Waals surface area contributed by atoms with E-state index in [1.807, 2.05) is 6.07 Å². The summed E-state index contributed by atoms with van der Waals surface area (Å²) in [7, 11) is 1.56. The van der Waals surface area contributed by atoms with Crippen LogP contribution >= 0.6 is 56.7 Å². The van der Waals surface area contributed by atoms with E-state index in [2.05, 4.69) is 49.0 Å². The smallest absolute Gasteiger partial charge is 0.173 e. The quantitative estimate of drug-likeness (QED) is 0.712. The highest BCUT2D eigenvalue weighted by Crippen LogP contribution is 2.44. The van der Waals surface area contributed by atoms with E-state index >= 15 is 0 Å². The Kier molecular flexibility index (Phi) is 9.55. The zero-order valence-electron chi connectivity index (χ0n) is 11.9. The molecule has 2 N–H and O–H groups in total. The molecule has 0 radical (unpaired) electrons. The molecule has 0 aromatic heterocycles. The van der Waals surface area contributed by atoms with Crippen LogP contribution in [0.15, 0.2) is 15.0 Å². The third kappa shape index (κ3) is 4.62. The molecule has 0 aliphatic carbocycles. The average Bonchev–Trinajstić information content (AvgIpc) is 2.45. The van der Waals surface area contributed by atoms with Crippen LogP contribution in [-0.2, 0) is 0 Å². The summed E-state index contributed by atoms with van der Waals surface area (Å²) in [6.45, 7) is 6.24. The number of hydrogen-bond acceptors (Lipinski definition) is 4. The second-order valence-corrected chi connectivity index (χ2v) is 6.19. The van der Waals surface area contributed by atoms with E-state index in [1.54, 1.807) is 7.11 Å². The van der Waals surface area contributed by atoms with Gasteiger partial charge in [-0.1, -0.05) is 0 Å². The van der Waals surface area contributed by atoms with Gasteiger partial charge in [0.25, 0.3) is 0 Å². The molecule has 0 spiro atoms. The Morgan fingerprint density at radius 1 is 1.24 bits per heavy atom. The molecule has 0 amide bonds. The molecule has 0 unspecified atom stereocenters. The van der Waals surface area contributed by atoms with E-state index in [-0.39, 0.29) is 36.6 Å². The highest BCUT2D eigenvalue weighted by Gasteiger charge is 2.23. The number of nitrogens with zero attached hydrogens (tertiary/aromatic N) is 1. The molecule has 1 heterocycles. The largest absolute Gasteiger partial charge is 0.503 e. The lowest BCUT2D eigenvalue weighted by Crippen LogP contribution is -2.44. The molecule has 122 valence electrons. The van der Waals surface area contributed by atoms with E-state index in [9.17, 15) is 5.11 Å².